The lowest BCUT2D eigenvalue weighted by Crippen LogP contribution is -2.31. The van der Waals surface area contributed by atoms with Crippen LogP contribution in [0.15, 0.2) is 23.1 Å². The smallest absolute Gasteiger partial charge is 0.241 e. The second kappa shape index (κ2) is 6.51. The molecule has 2 rings (SSSR count). The summed E-state index contributed by atoms with van der Waals surface area (Å²) in [6, 6.07) is 4.55. The van der Waals surface area contributed by atoms with Crippen molar-refractivity contribution in [2.75, 3.05) is 13.1 Å². The van der Waals surface area contributed by atoms with Gasteiger partial charge in [0.2, 0.25) is 15.9 Å². The Morgan fingerprint density at radius 2 is 1.95 bits per heavy atom. The molecule has 1 amide bonds. The van der Waals surface area contributed by atoms with Crippen LogP contribution in [0.4, 0.5) is 0 Å². The van der Waals surface area contributed by atoms with E-state index in [0.717, 1.165) is 17.5 Å². The van der Waals surface area contributed by atoms with Crippen LogP contribution < -0.4 is 4.72 Å². The molecule has 0 aliphatic carbocycles. The van der Waals surface area contributed by atoms with Crippen molar-refractivity contribution in [2.24, 2.45) is 0 Å². The standard InChI is InChI=1S/C16H20N2O3S/c1-4-12(2)17-22(20,21)16-6-5-14-7-9-18(13(3)19)10-8-15(14)11-16/h1,5-6,11-12,17H,7-10H2,2-3H3. The van der Waals surface area contributed by atoms with Crippen LogP contribution in [0.1, 0.15) is 25.0 Å². The van der Waals surface area contributed by atoms with Gasteiger partial charge < -0.3 is 4.90 Å². The quantitative estimate of drug-likeness (QED) is 0.843. The summed E-state index contributed by atoms with van der Waals surface area (Å²) >= 11 is 0. The number of rotatable bonds is 3. The molecule has 22 heavy (non-hydrogen) atoms. The lowest BCUT2D eigenvalue weighted by atomic mass is 10.0. The number of terminal acetylenes is 1. The highest BCUT2D eigenvalue weighted by molar-refractivity contribution is 7.89. The Bertz CT molecular complexity index is 719. The number of hydrogen-bond acceptors (Lipinski definition) is 3. The Balaban J connectivity index is 2.27. The maximum atomic E-state index is 12.3. The van der Waals surface area contributed by atoms with Crippen LogP contribution in [0.25, 0.3) is 0 Å². The number of sulfonamides is 1. The largest absolute Gasteiger partial charge is 0.342 e. The summed E-state index contributed by atoms with van der Waals surface area (Å²) in [6.07, 6.45) is 6.61. The summed E-state index contributed by atoms with van der Waals surface area (Å²) in [5.74, 6) is 2.39. The van der Waals surface area contributed by atoms with E-state index in [2.05, 4.69) is 10.6 Å². The maximum Gasteiger partial charge on any atom is 0.241 e. The Morgan fingerprint density at radius 1 is 1.32 bits per heavy atom. The van der Waals surface area contributed by atoms with Crippen LogP contribution in [0.5, 0.6) is 0 Å². The zero-order valence-electron chi connectivity index (χ0n) is 12.8. The Hall–Kier alpha value is -1.84. The first-order valence-electron chi connectivity index (χ1n) is 7.19. The van der Waals surface area contributed by atoms with E-state index in [1.54, 1.807) is 30.9 Å². The number of carbonyl (C=O) groups is 1. The third-order valence-corrected chi connectivity index (χ3v) is 5.36. The highest BCUT2D eigenvalue weighted by Gasteiger charge is 2.20. The number of nitrogens with one attached hydrogen (secondary N) is 1. The molecule has 1 aliphatic rings. The minimum absolute atomic E-state index is 0.0464. The topological polar surface area (TPSA) is 66.5 Å². The minimum atomic E-state index is -3.62. The van der Waals surface area contributed by atoms with Gasteiger partial charge in [0, 0.05) is 20.0 Å². The van der Waals surface area contributed by atoms with Crippen molar-refractivity contribution in [2.45, 2.75) is 37.6 Å². The minimum Gasteiger partial charge on any atom is -0.342 e. The number of nitrogens with zero attached hydrogens (tertiary/aromatic N) is 1. The van der Waals surface area contributed by atoms with Gasteiger partial charge in [-0.05, 0) is 43.0 Å². The Morgan fingerprint density at radius 3 is 2.55 bits per heavy atom. The van der Waals surface area contributed by atoms with E-state index >= 15 is 0 Å². The van der Waals surface area contributed by atoms with Crippen molar-refractivity contribution < 1.29 is 13.2 Å². The molecule has 1 N–H and O–H groups in total. The first-order chi connectivity index (χ1) is 10.3. The molecular formula is C16H20N2O3S. The van der Waals surface area contributed by atoms with Crippen LogP contribution in [0.3, 0.4) is 0 Å². The molecule has 0 radical (unpaired) electrons. The highest BCUT2D eigenvalue weighted by atomic mass is 32.2. The van der Waals surface area contributed by atoms with Crippen molar-refractivity contribution in [3.05, 3.63) is 29.3 Å². The van der Waals surface area contributed by atoms with Crippen LogP contribution in [-0.2, 0) is 27.7 Å². The molecule has 0 spiro atoms. The molecule has 1 aromatic carbocycles. The monoisotopic (exact) mass is 320 g/mol. The van der Waals surface area contributed by atoms with Crippen LogP contribution in [0.2, 0.25) is 0 Å². The molecule has 0 saturated carbocycles. The fourth-order valence-corrected chi connectivity index (χ4v) is 3.73. The molecule has 1 aliphatic heterocycles. The molecule has 6 heteroatoms. The number of amides is 1. The summed E-state index contributed by atoms with van der Waals surface area (Å²) < 4.78 is 27.0. The number of hydrogen-bond donors (Lipinski definition) is 1. The third kappa shape index (κ3) is 3.67. The molecular weight excluding hydrogens is 300 g/mol. The normalized spacial score (nSPS) is 16.3. The van der Waals surface area contributed by atoms with E-state index in [1.807, 2.05) is 6.07 Å². The molecule has 0 saturated heterocycles. The number of fused-ring (bicyclic) bond motifs is 1. The predicted molar refractivity (Wildman–Crippen MR) is 84.7 cm³/mol. The maximum absolute atomic E-state index is 12.3. The third-order valence-electron chi connectivity index (χ3n) is 3.82. The molecule has 0 bridgehead atoms. The molecule has 118 valence electrons. The molecule has 1 unspecified atom stereocenters. The van der Waals surface area contributed by atoms with E-state index in [-0.39, 0.29) is 10.8 Å². The Kier molecular flexibility index (Phi) is 4.89. The number of benzene rings is 1. The second-order valence-corrected chi connectivity index (χ2v) is 7.16. The van der Waals surface area contributed by atoms with Crippen LogP contribution in [0, 0.1) is 12.3 Å². The summed E-state index contributed by atoms with van der Waals surface area (Å²) in [5, 5.41) is 0. The van der Waals surface area contributed by atoms with Gasteiger partial charge in [-0.15, -0.1) is 6.42 Å². The first-order valence-corrected chi connectivity index (χ1v) is 8.67. The van der Waals surface area contributed by atoms with Crippen LogP contribution >= 0.6 is 0 Å². The van der Waals surface area contributed by atoms with Gasteiger partial charge in [-0.2, -0.15) is 4.72 Å². The average molecular weight is 320 g/mol. The van der Waals surface area contributed by atoms with Crippen molar-refractivity contribution >= 4 is 15.9 Å². The van der Waals surface area contributed by atoms with E-state index in [1.165, 1.54) is 0 Å². The average Bonchev–Trinajstić information content (AvgIpc) is 2.68. The lowest BCUT2D eigenvalue weighted by molar-refractivity contribution is -0.128. The summed E-state index contributed by atoms with van der Waals surface area (Å²) in [6.45, 7) is 4.45. The molecule has 0 aromatic heterocycles. The summed E-state index contributed by atoms with van der Waals surface area (Å²) in [4.78, 5) is 13.5. The van der Waals surface area contributed by atoms with Crippen LogP contribution in [-0.4, -0.2) is 38.4 Å². The predicted octanol–water partition coefficient (Wildman–Crippen LogP) is 0.934. The molecule has 1 atom stereocenters. The summed E-state index contributed by atoms with van der Waals surface area (Å²) in [5.41, 5.74) is 2.06. The van der Waals surface area contributed by atoms with Crippen molar-refractivity contribution in [1.82, 2.24) is 9.62 Å². The molecule has 1 aromatic rings. The van der Waals surface area contributed by atoms with Gasteiger partial charge >= 0.3 is 0 Å². The molecule has 1 heterocycles. The lowest BCUT2D eigenvalue weighted by Gasteiger charge is -2.17. The Labute approximate surface area is 131 Å². The van der Waals surface area contributed by atoms with Gasteiger partial charge in [-0.3, -0.25) is 4.79 Å². The highest BCUT2D eigenvalue weighted by Crippen LogP contribution is 2.20. The molecule has 5 nitrogen and oxygen atoms in total. The first kappa shape index (κ1) is 16.5. The SMILES string of the molecule is C#CC(C)NS(=O)(=O)c1ccc2c(c1)CCN(C(C)=O)CC2. The van der Waals surface area contributed by atoms with E-state index in [9.17, 15) is 13.2 Å². The van der Waals surface area contributed by atoms with Gasteiger partial charge in [0.15, 0.2) is 0 Å². The van der Waals surface area contributed by atoms with Gasteiger partial charge in [-0.1, -0.05) is 12.0 Å². The second-order valence-electron chi connectivity index (χ2n) is 5.45. The zero-order chi connectivity index (χ0) is 16.3. The van der Waals surface area contributed by atoms with Crippen molar-refractivity contribution in [3.63, 3.8) is 0 Å². The van der Waals surface area contributed by atoms with E-state index < -0.39 is 16.1 Å². The summed E-state index contributed by atoms with van der Waals surface area (Å²) in [7, 11) is -3.62. The van der Waals surface area contributed by atoms with E-state index in [4.69, 9.17) is 6.42 Å². The fraction of sp³-hybridized carbons (Fsp3) is 0.438. The van der Waals surface area contributed by atoms with Crippen molar-refractivity contribution in [3.8, 4) is 12.3 Å². The van der Waals surface area contributed by atoms with Gasteiger partial charge in [0.25, 0.3) is 0 Å². The van der Waals surface area contributed by atoms with E-state index in [0.29, 0.717) is 19.5 Å². The fourth-order valence-electron chi connectivity index (χ4n) is 2.52. The van der Waals surface area contributed by atoms with Crippen molar-refractivity contribution in [1.29, 1.82) is 0 Å². The molecule has 0 fully saturated rings. The van der Waals surface area contributed by atoms with Gasteiger partial charge in [0.1, 0.15) is 0 Å². The number of carbonyl (C=O) groups excluding carboxylic acids is 1. The zero-order valence-corrected chi connectivity index (χ0v) is 13.6. The van der Waals surface area contributed by atoms with Gasteiger partial charge in [0.05, 0.1) is 10.9 Å². The van der Waals surface area contributed by atoms with Gasteiger partial charge in [-0.25, -0.2) is 8.42 Å².